The van der Waals surface area contributed by atoms with Gasteiger partial charge in [0.1, 0.15) is 36.1 Å². The van der Waals surface area contributed by atoms with Crippen molar-refractivity contribution in [1.82, 2.24) is 24.1 Å². The van der Waals surface area contributed by atoms with Gasteiger partial charge in [-0.1, -0.05) is 0 Å². The van der Waals surface area contributed by atoms with Crippen LogP contribution >= 0.6 is 0 Å². The molecule has 1 aliphatic rings. The Labute approximate surface area is 185 Å². The Morgan fingerprint density at radius 2 is 1.91 bits per heavy atom. The highest BCUT2D eigenvalue weighted by atomic mass is 19.1. The van der Waals surface area contributed by atoms with Gasteiger partial charge in [0.05, 0.1) is 18.3 Å². The Hall–Kier alpha value is -4.13. The topological polar surface area (TPSA) is 151 Å². The SMILES string of the molecule is CC(C)N1Cc2c(n(CC(=O)Nc3ccc(F)cn3)c3cc(NC(=O)CO)nn3c2=O)C1=O. The predicted molar refractivity (Wildman–Crippen MR) is 113 cm³/mol. The van der Waals surface area contributed by atoms with E-state index in [1.807, 2.05) is 0 Å². The number of aromatic nitrogens is 4. The molecule has 13 heteroatoms. The van der Waals surface area contributed by atoms with E-state index in [1.54, 1.807) is 13.8 Å². The van der Waals surface area contributed by atoms with E-state index in [2.05, 4.69) is 20.7 Å². The number of nitrogens with one attached hydrogen (secondary N) is 2. The number of aliphatic hydroxyl groups is 1. The minimum atomic E-state index is -0.788. The number of fused-ring (bicyclic) bond motifs is 2. The number of pyridine rings is 1. The molecule has 0 radical (unpaired) electrons. The van der Waals surface area contributed by atoms with Gasteiger partial charge < -0.3 is 25.2 Å². The van der Waals surface area contributed by atoms with Crippen LogP contribution in [0.15, 0.2) is 29.2 Å². The smallest absolute Gasteiger partial charge is 0.280 e. The number of carbonyl (C=O) groups is 3. The van der Waals surface area contributed by atoms with E-state index in [-0.39, 0.29) is 47.7 Å². The number of carbonyl (C=O) groups excluding carboxylic acids is 3. The molecule has 4 heterocycles. The summed E-state index contributed by atoms with van der Waals surface area (Å²) in [5.74, 6) is -2.24. The molecule has 3 amide bonds. The number of halogens is 1. The van der Waals surface area contributed by atoms with Crippen LogP contribution in [0, 0.1) is 5.82 Å². The summed E-state index contributed by atoms with van der Waals surface area (Å²) in [6.07, 6.45) is 0.946. The van der Waals surface area contributed by atoms with Gasteiger partial charge in [0, 0.05) is 12.1 Å². The molecular formula is C20H20FN7O5. The number of aliphatic hydroxyl groups excluding tert-OH is 1. The molecule has 12 nitrogen and oxygen atoms in total. The molecule has 0 saturated carbocycles. The molecule has 0 bridgehead atoms. The van der Waals surface area contributed by atoms with Crippen molar-refractivity contribution in [1.29, 1.82) is 0 Å². The van der Waals surface area contributed by atoms with Crippen LogP contribution in [0.4, 0.5) is 16.0 Å². The van der Waals surface area contributed by atoms with Gasteiger partial charge in [0.2, 0.25) is 5.91 Å². The summed E-state index contributed by atoms with van der Waals surface area (Å²) in [6, 6.07) is 3.55. The molecular weight excluding hydrogens is 437 g/mol. The molecule has 0 aliphatic carbocycles. The van der Waals surface area contributed by atoms with Gasteiger partial charge in [-0.25, -0.2) is 9.37 Å². The number of amides is 3. The minimum Gasteiger partial charge on any atom is -0.387 e. The lowest BCUT2D eigenvalue weighted by molar-refractivity contribution is -0.119. The molecule has 0 atom stereocenters. The van der Waals surface area contributed by atoms with Crippen LogP contribution in [0.25, 0.3) is 5.65 Å². The Balaban J connectivity index is 1.80. The summed E-state index contributed by atoms with van der Waals surface area (Å²) in [5.41, 5.74) is -0.258. The first kappa shape index (κ1) is 22.1. The summed E-state index contributed by atoms with van der Waals surface area (Å²) in [7, 11) is 0. The highest BCUT2D eigenvalue weighted by Gasteiger charge is 2.36. The summed E-state index contributed by atoms with van der Waals surface area (Å²) in [5, 5.41) is 17.9. The van der Waals surface area contributed by atoms with Crippen molar-refractivity contribution >= 4 is 35.0 Å². The van der Waals surface area contributed by atoms with E-state index in [4.69, 9.17) is 5.11 Å². The Bertz CT molecular complexity index is 1330. The van der Waals surface area contributed by atoms with Gasteiger partial charge in [-0.15, -0.1) is 5.10 Å². The van der Waals surface area contributed by atoms with Gasteiger partial charge in [-0.2, -0.15) is 4.52 Å². The van der Waals surface area contributed by atoms with E-state index < -0.39 is 35.7 Å². The van der Waals surface area contributed by atoms with Gasteiger partial charge in [-0.05, 0) is 26.0 Å². The van der Waals surface area contributed by atoms with E-state index in [9.17, 15) is 23.6 Å². The first-order chi connectivity index (χ1) is 15.7. The largest absolute Gasteiger partial charge is 0.387 e. The standard InChI is InChI=1S/C20H20FN7O5/c1-10(2)26-7-12-18(20(26)33)27(8-15(30)23-13-4-3-11(21)6-22-13)17-5-14(24-16(31)9-29)25-28(17)19(12)32/h3-6,10,29H,7-9H2,1-2H3,(H,22,23,30)(H,24,25,31). The van der Waals surface area contributed by atoms with Crippen LogP contribution in [0.5, 0.6) is 0 Å². The second-order valence-electron chi connectivity index (χ2n) is 7.66. The second kappa shape index (κ2) is 8.43. The van der Waals surface area contributed by atoms with E-state index in [1.165, 1.54) is 21.6 Å². The van der Waals surface area contributed by atoms with Crippen LogP contribution in [0.1, 0.15) is 29.9 Å². The quantitative estimate of drug-likeness (QED) is 0.470. The predicted octanol–water partition coefficient (Wildman–Crippen LogP) is -0.0362. The minimum absolute atomic E-state index is 0.0302. The number of hydrogen-bond acceptors (Lipinski definition) is 7. The lowest BCUT2D eigenvalue weighted by Gasteiger charge is -2.20. The summed E-state index contributed by atoms with van der Waals surface area (Å²) in [6.45, 7) is 2.48. The number of anilines is 2. The lowest BCUT2D eigenvalue weighted by atomic mass is 10.2. The van der Waals surface area contributed by atoms with Crippen LogP contribution in [0.3, 0.4) is 0 Å². The zero-order chi connectivity index (χ0) is 23.9. The first-order valence-corrected chi connectivity index (χ1v) is 9.98. The van der Waals surface area contributed by atoms with Gasteiger partial charge in [0.25, 0.3) is 17.4 Å². The normalized spacial score (nSPS) is 13.0. The summed E-state index contributed by atoms with van der Waals surface area (Å²) < 4.78 is 15.4. The lowest BCUT2D eigenvalue weighted by Crippen LogP contribution is -2.32. The molecule has 3 aromatic heterocycles. The fraction of sp³-hybridized carbons (Fsp3) is 0.300. The molecule has 0 unspecified atom stereocenters. The van der Waals surface area contributed by atoms with Crippen molar-refractivity contribution in [2.75, 3.05) is 17.2 Å². The van der Waals surface area contributed by atoms with E-state index in [0.29, 0.717) is 0 Å². The van der Waals surface area contributed by atoms with Gasteiger partial charge >= 0.3 is 0 Å². The maximum atomic E-state index is 13.1. The monoisotopic (exact) mass is 457 g/mol. The zero-order valence-electron chi connectivity index (χ0n) is 17.7. The number of nitrogens with zero attached hydrogens (tertiary/aromatic N) is 5. The van der Waals surface area contributed by atoms with Crippen molar-refractivity contribution in [2.45, 2.75) is 33.0 Å². The zero-order valence-corrected chi connectivity index (χ0v) is 17.7. The van der Waals surface area contributed by atoms with Crippen molar-refractivity contribution in [2.24, 2.45) is 0 Å². The van der Waals surface area contributed by atoms with Crippen LogP contribution in [0.2, 0.25) is 0 Å². The maximum Gasteiger partial charge on any atom is 0.280 e. The molecule has 33 heavy (non-hydrogen) atoms. The maximum absolute atomic E-state index is 13.1. The van der Waals surface area contributed by atoms with Crippen LogP contribution < -0.4 is 16.2 Å². The fourth-order valence-corrected chi connectivity index (χ4v) is 3.58. The van der Waals surface area contributed by atoms with Crippen molar-refractivity contribution in [3.8, 4) is 0 Å². The summed E-state index contributed by atoms with van der Waals surface area (Å²) >= 11 is 0. The van der Waals surface area contributed by atoms with Crippen molar-refractivity contribution in [3.05, 3.63) is 51.8 Å². The molecule has 4 rings (SSSR count). The second-order valence-corrected chi connectivity index (χ2v) is 7.66. The van der Waals surface area contributed by atoms with Gasteiger partial charge in [0.15, 0.2) is 5.82 Å². The molecule has 0 spiro atoms. The van der Waals surface area contributed by atoms with Crippen molar-refractivity contribution < 1.29 is 23.9 Å². The molecule has 3 N–H and O–H groups in total. The van der Waals surface area contributed by atoms with E-state index in [0.717, 1.165) is 16.8 Å². The first-order valence-electron chi connectivity index (χ1n) is 9.98. The van der Waals surface area contributed by atoms with Crippen molar-refractivity contribution in [3.63, 3.8) is 0 Å². The highest BCUT2D eigenvalue weighted by molar-refractivity contribution is 5.99. The number of hydrogen-bond donors (Lipinski definition) is 3. The van der Waals surface area contributed by atoms with E-state index >= 15 is 0 Å². The molecule has 0 aromatic carbocycles. The Morgan fingerprint density at radius 3 is 2.55 bits per heavy atom. The molecule has 3 aromatic rings. The molecule has 1 aliphatic heterocycles. The third-order valence-corrected chi connectivity index (χ3v) is 5.10. The third kappa shape index (κ3) is 4.05. The van der Waals surface area contributed by atoms with Crippen LogP contribution in [-0.2, 0) is 22.7 Å². The Morgan fingerprint density at radius 1 is 1.18 bits per heavy atom. The van der Waals surface area contributed by atoms with Gasteiger partial charge in [-0.3, -0.25) is 19.2 Å². The molecule has 0 saturated heterocycles. The molecule has 172 valence electrons. The van der Waals surface area contributed by atoms with Crippen LogP contribution in [-0.4, -0.2) is 59.5 Å². The fourth-order valence-electron chi connectivity index (χ4n) is 3.58. The average Bonchev–Trinajstić information content (AvgIpc) is 3.34. The third-order valence-electron chi connectivity index (χ3n) is 5.10. The summed E-state index contributed by atoms with van der Waals surface area (Å²) in [4.78, 5) is 55.7. The average molecular weight is 457 g/mol. The Kier molecular flexibility index (Phi) is 5.64. The number of rotatable bonds is 6. The highest BCUT2D eigenvalue weighted by Crippen LogP contribution is 2.25. The molecule has 0 fully saturated rings.